The molecule has 1 saturated heterocycles. The van der Waals surface area contributed by atoms with E-state index in [1.54, 1.807) is 30.9 Å². The summed E-state index contributed by atoms with van der Waals surface area (Å²) in [5.74, 6) is 0.988. The molecule has 1 aliphatic heterocycles. The summed E-state index contributed by atoms with van der Waals surface area (Å²) < 4.78 is 1.90. The van der Waals surface area contributed by atoms with Crippen LogP contribution in [0.15, 0.2) is 33.2 Å². The molecule has 0 unspecified atom stereocenters. The lowest BCUT2D eigenvalue weighted by Crippen LogP contribution is -2.47. The molecule has 24 heavy (non-hydrogen) atoms. The van der Waals surface area contributed by atoms with Gasteiger partial charge in [0.15, 0.2) is 0 Å². The van der Waals surface area contributed by atoms with E-state index in [9.17, 15) is 4.79 Å². The van der Waals surface area contributed by atoms with Crippen LogP contribution in [0.1, 0.15) is 0 Å². The van der Waals surface area contributed by atoms with Crippen molar-refractivity contribution in [3.63, 3.8) is 0 Å². The Kier molecular flexibility index (Phi) is 3.97. The maximum Gasteiger partial charge on any atom is 0.282 e. The zero-order valence-corrected chi connectivity index (χ0v) is 15.4. The molecule has 0 aromatic carbocycles. The number of rotatable bonds is 2. The molecule has 3 aromatic heterocycles. The van der Waals surface area contributed by atoms with Gasteiger partial charge in [0.25, 0.3) is 5.56 Å². The van der Waals surface area contributed by atoms with Crippen LogP contribution in [0.2, 0.25) is 0 Å². The van der Waals surface area contributed by atoms with E-state index >= 15 is 0 Å². The Morgan fingerprint density at radius 1 is 1.17 bits per heavy atom. The van der Waals surface area contributed by atoms with Crippen molar-refractivity contribution in [2.75, 3.05) is 36.0 Å². The van der Waals surface area contributed by atoms with Gasteiger partial charge in [-0.25, -0.2) is 14.6 Å². The summed E-state index contributed by atoms with van der Waals surface area (Å²) in [5.41, 5.74) is 0.729. The van der Waals surface area contributed by atoms with Crippen molar-refractivity contribution in [2.45, 2.75) is 0 Å². The highest BCUT2D eigenvalue weighted by Crippen LogP contribution is 2.29. The van der Waals surface area contributed by atoms with Gasteiger partial charge in [-0.05, 0) is 27.4 Å². The molecule has 0 bridgehead atoms. The van der Waals surface area contributed by atoms with Crippen molar-refractivity contribution in [1.29, 1.82) is 0 Å². The second-order valence-corrected chi connectivity index (χ2v) is 7.27. The monoisotopic (exact) mass is 406 g/mol. The quantitative estimate of drug-likeness (QED) is 0.646. The van der Waals surface area contributed by atoms with Gasteiger partial charge < -0.3 is 9.80 Å². The van der Waals surface area contributed by atoms with Gasteiger partial charge in [0.2, 0.25) is 0 Å². The van der Waals surface area contributed by atoms with Crippen LogP contribution in [0.5, 0.6) is 0 Å². The predicted octanol–water partition coefficient (Wildman–Crippen LogP) is 1.87. The summed E-state index contributed by atoms with van der Waals surface area (Å²) in [5, 5.41) is 7.27. The Labute approximate surface area is 150 Å². The molecule has 9 heteroatoms. The van der Waals surface area contributed by atoms with Crippen molar-refractivity contribution < 1.29 is 0 Å². The van der Waals surface area contributed by atoms with Crippen LogP contribution in [0, 0.1) is 0 Å². The highest BCUT2D eigenvalue weighted by Gasteiger charge is 2.22. The maximum absolute atomic E-state index is 12.0. The average Bonchev–Trinajstić information content (AvgIpc) is 3.09. The number of aryl methyl sites for hydroxylation is 1. The molecule has 0 amide bonds. The maximum atomic E-state index is 12.0. The number of hydrogen-bond acceptors (Lipinski definition) is 7. The fraction of sp³-hybridized carbons (Fsp3) is 0.333. The van der Waals surface area contributed by atoms with Crippen LogP contribution in [-0.4, -0.2) is 45.9 Å². The lowest BCUT2D eigenvalue weighted by molar-refractivity contribution is 0.637. The lowest BCUT2D eigenvalue weighted by Gasteiger charge is -2.37. The Morgan fingerprint density at radius 3 is 2.71 bits per heavy atom. The molecule has 0 radical (unpaired) electrons. The van der Waals surface area contributed by atoms with Crippen molar-refractivity contribution >= 4 is 49.0 Å². The average molecular weight is 407 g/mol. The molecular formula is C15H15BrN6OS. The van der Waals surface area contributed by atoms with Gasteiger partial charge in [-0.1, -0.05) is 0 Å². The Balaban J connectivity index is 1.56. The number of thiophene rings is 1. The Bertz CT molecular complexity index is 947. The number of anilines is 2. The molecule has 4 heterocycles. The normalized spacial score (nSPS) is 15.2. The van der Waals surface area contributed by atoms with E-state index in [2.05, 4.69) is 46.9 Å². The number of aromatic nitrogens is 4. The fourth-order valence-corrected chi connectivity index (χ4v) is 4.25. The van der Waals surface area contributed by atoms with Crippen molar-refractivity contribution in [3.8, 4) is 0 Å². The topological polar surface area (TPSA) is 67.2 Å². The first kappa shape index (κ1) is 15.5. The lowest BCUT2D eigenvalue weighted by atomic mass is 10.2. The molecule has 0 spiro atoms. The minimum absolute atomic E-state index is 0.120. The number of hydrogen-bond donors (Lipinski definition) is 0. The van der Waals surface area contributed by atoms with E-state index < -0.39 is 0 Å². The first-order valence-electron chi connectivity index (χ1n) is 7.55. The smallest absolute Gasteiger partial charge is 0.282 e. The second-order valence-electron chi connectivity index (χ2n) is 5.58. The molecule has 7 nitrogen and oxygen atoms in total. The fourth-order valence-electron chi connectivity index (χ4n) is 2.91. The third kappa shape index (κ3) is 2.57. The largest absolute Gasteiger partial charge is 0.366 e. The molecule has 0 atom stereocenters. The number of piperazine rings is 1. The highest BCUT2D eigenvalue weighted by molar-refractivity contribution is 9.10. The molecule has 0 saturated carbocycles. The van der Waals surface area contributed by atoms with E-state index in [-0.39, 0.29) is 5.56 Å². The van der Waals surface area contributed by atoms with Crippen LogP contribution in [0.3, 0.4) is 0 Å². The van der Waals surface area contributed by atoms with Gasteiger partial charge in [0, 0.05) is 33.2 Å². The third-order valence-corrected chi connectivity index (χ3v) is 5.79. The summed E-state index contributed by atoms with van der Waals surface area (Å²) in [6.45, 7) is 3.29. The molecule has 3 aromatic rings. The van der Waals surface area contributed by atoms with E-state index in [0.717, 1.165) is 47.9 Å². The zero-order chi connectivity index (χ0) is 16.7. The summed E-state index contributed by atoms with van der Waals surface area (Å²) >= 11 is 5.03. The molecule has 0 aliphatic carbocycles. The van der Waals surface area contributed by atoms with Crippen LogP contribution < -0.4 is 15.4 Å². The molecule has 1 fully saturated rings. The van der Waals surface area contributed by atoms with Crippen LogP contribution in [0.4, 0.5) is 11.5 Å². The minimum atomic E-state index is -0.120. The van der Waals surface area contributed by atoms with Gasteiger partial charge in [-0.15, -0.1) is 11.3 Å². The van der Waals surface area contributed by atoms with E-state index in [1.807, 2.05) is 5.38 Å². The van der Waals surface area contributed by atoms with Gasteiger partial charge in [-0.3, -0.25) is 4.79 Å². The van der Waals surface area contributed by atoms with Crippen LogP contribution >= 0.6 is 27.3 Å². The number of fused-ring (bicyclic) bond motifs is 1. The number of nitrogens with zero attached hydrogens (tertiary/aromatic N) is 6. The SMILES string of the molecule is Cn1ncc(N2CCN(c3ncnc4sccc34)CC2)c(Br)c1=O. The molecule has 124 valence electrons. The van der Waals surface area contributed by atoms with Crippen molar-refractivity contribution in [2.24, 2.45) is 7.05 Å². The third-order valence-electron chi connectivity index (χ3n) is 4.22. The Hall–Kier alpha value is -2.00. The standard InChI is InChI=1S/C15H15BrN6OS/c1-20-15(23)12(16)11(8-19-20)21-3-5-22(6-4-21)13-10-2-7-24-14(10)18-9-17-13/h2,7-9H,3-6H2,1H3. The minimum Gasteiger partial charge on any atom is -0.366 e. The van der Waals surface area contributed by atoms with Crippen LogP contribution in [-0.2, 0) is 7.05 Å². The van der Waals surface area contributed by atoms with E-state index in [0.29, 0.717) is 4.47 Å². The first-order valence-corrected chi connectivity index (χ1v) is 9.22. The number of halogens is 1. The summed E-state index contributed by atoms with van der Waals surface area (Å²) in [6, 6.07) is 2.07. The summed E-state index contributed by atoms with van der Waals surface area (Å²) in [7, 11) is 1.65. The Morgan fingerprint density at radius 2 is 1.92 bits per heavy atom. The molecule has 4 rings (SSSR count). The van der Waals surface area contributed by atoms with E-state index in [1.165, 1.54) is 4.68 Å². The zero-order valence-electron chi connectivity index (χ0n) is 13.0. The van der Waals surface area contributed by atoms with Crippen molar-refractivity contribution in [1.82, 2.24) is 19.7 Å². The van der Waals surface area contributed by atoms with E-state index in [4.69, 9.17) is 0 Å². The van der Waals surface area contributed by atoms with Crippen molar-refractivity contribution in [3.05, 3.63) is 38.8 Å². The first-order chi connectivity index (χ1) is 11.6. The highest BCUT2D eigenvalue weighted by atomic mass is 79.9. The van der Waals surface area contributed by atoms with Gasteiger partial charge in [0.05, 0.1) is 17.3 Å². The van der Waals surface area contributed by atoms with Gasteiger partial charge in [0.1, 0.15) is 21.4 Å². The summed E-state index contributed by atoms with van der Waals surface area (Å²) in [4.78, 5) is 26.3. The van der Waals surface area contributed by atoms with Crippen LogP contribution in [0.25, 0.3) is 10.2 Å². The molecule has 1 aliphatic rings. The van der Waals surface area contributed by atoms with Gasteiger partial charge in [-0.2, -0.15) is 5.10 Å². The second kappa shape index (κ2) is 6.14. The predicted molar refractivity (Wildman–Crippen MR) is 99.0 cm³/mol. The molecule has 0 N–H and O–H groups in total. The summed E-state index contributed by atoms with van der Waals surface area (Å²) in [6.07, 6.45) is 3.37. The molecular weight excluding hydrogens is 392 g/mol. The van der Waals surface area contributed by atoms with Gasteiger partial charge >= 0.3 is 0 Å².